The van der Waals surface area contributed by atoms with Crippen molar-refractivity contribution in [3.63, 3.8) is 0 Å². The van der Waals surface area contributed by atoms with Gasteiger partial charge in [-0.15, -0.1) is 0 Å². The van der Waals surface area contributed by atoms with Gasteiger partial charge in [0, 0.05) is 32.1 Å². The van der Waals surface area contributed by atoms with Crippen molar-refractivity contribution in [1.82, 2.24) is 20.0 Å². The lowest BCUT2D eigenvalue weighted by molar-refractivity contribution is -0.126. The predicted octanol–water partition coefficient (Wildman–Crippen LogP) is -0.252. The molecule has 8 nitrogen and oxygen atoms in total. The van der Waals surface area contributed by atoms with E-state index in [0.717, 1.165) is 11.4 Å². The monoisotopic (exact) mass is 293 g/mol. The van der Waals surface area contributed by atoms with E-state index >= 15 is 0 Å². The molecule has 0 radical (unpaired) electrons. The van der Waals surface area contributed by atoms with Crippen LogP contribution in [0, 0.1) is 0 Å². The number of methoxy groups -OCH3 is 1. The maximum Gasteiger partial charge on any atom is 0.325 e. The van der Waals surface area contributed by atoms with Crippen LogP contribution in [0.3, 0.4) is 0 Å². The number of ether oxygens (including phenoxy) is 1. The van der Waals surface area contributed by atoms with Crippen molar-refractivity contribution in [3.8, 4) is 0 Å². The molecule has 2 atom stereocenters. The molecule has 0 aliphatic carbocycles. The Morgan fingerprint density at radius 1 is 1.29 bits per heavy atom. The molecule has 3 rings (SSSR count). The number of nitrogens with one attached hydrogen (secondary N) is 1. The van der Waals surface area contributed by atoms with E-state index in [9.17, 15) is 9.59 Å². The normalized spacial score (nSPS) is 28.0. The Bertz CT molecular complexity index is 570. The van der Waals surface area contributed by atoms with Gasteiger partial charge >= 0.3 is 6.03 Å². The largest absolute Gasteiger partial charge is 0.383 e. The minimum Gasteiger partial charge on any atom is -0.383 e. The predicted molar refractivity (Wildman–Crippen MR) is 75.1 cm³/mol. The molecule has 3 heterocycles. The first kappa shape index (κ1) is 13.9. The van der Waals surface area contributed by atoms with Crippen LogP contribution < -0.4 is 5.32 Å². The number of carbonyl (C=O) groups excluding carboxylic acids is 2. The first-order chi connectivity index (χ1) is 9.97. The Balaban J connectivity index is 1.96. The van der Waals surface area contributed by atoms with Gasteiger partial charge in [-0.3, -0.25) is 15.0 Å². The highest BCUT2D eigenvalue weighted by Crippen LogP contribution is 2.35. The van der Waals surface area contributed by atoms with Gasteiger partial charge in [-0.2, -0.15) is 0 Å². The van der Waals surface area contributed by atoms with Crippen LogP contribution in [0.25, 0.3) is 0 Å². The van der Waals surface area contributed by atoms with E-state index in [2.05, 4.69) is 10.3 Å². The molecule has 21 heavy (non-hydrogen) atoms. The van der Waals surface area contributed by atoms with Crippen molar-refractivity contribution in [1.29, 1.82) is 0 Å². The molecule has 1 saturated heterocycles. The minimum atomic E-state index is -0.495. The van der Waals surface area contributed by atoms with Crippen LogP contribution in [0.5, 0.6) is 0 Å². The average Bonchev–Trinajstić information content (AvgIpc) is 2.93. The second-order valence-corrected chi connectivity index (χ2v) is 5.38. The van der Waals surface area contributed by atoms with E-state index in [4.69, 9.17) is 4.74 Å². The molecule has 0 saturated carbocycles. The Hall–Kier alpha value is -2.09. The van der Waals surface area contributed by atoms with Crippen molar-refractivity contribution in [2.24, 2.45) is 4.99 Å². The number of hydrogen-bond acceptors (Lipinski definition) is 6. The smallest absolute Gasteiger partial charge is 0.325 e. The SMILES string of the molecule is COCCN1C2=NC3C(C(=O)NC(=O)N3C)N2C(C)=C1C. The second kappa shape index (κ2) is 4.73. The van der Waals surface area contributed by atoms with Gasteiger partial charge in [-0.05, 0) is 13.8 Å². The van der Waals surface area contributed by atoms with Crippen LogP contribution in [0.2, 0.25) is 0 Å². The molecule has 114 valence electrons. The summed E-state index contributed by atoms with van der Waals surface area (Å²) in [5.74, 6) is 0.413. The maximum atomic E-state index is 12.2. The molecule has 1 N–H and O–H groups in total. The quantitative estimate of drug-likeness (QED) is 0.776. The van der Waals surface area contributed by atoms with Gasteiger partial charge in [-0.25, -0.2) is 9.79 Å². The number of fused-ring (bicyclic) bond motifs is 3. The van der Waals surface area contributed by atoms with Gasteiger partial charge in [0.25, 0.3) is 5.91 Å². The summed E-state index contributed by atoms with van der Waals surface area (Å²) in [7, 11) is 3.30. The zero-order valence-electron chi connectivity index (χ0n) is 12.6. The number of amides is 3. The average molecular weight is 293 g/mol. The van der Waals surface area contributed by atoms with Crippen LogP contribution in [0.1, 0.15) is 13.8 Å². The molecular formula is C13H19N5O3. The number of carbonyl (C=O) groups is 2. The van der Waals surface area contributed by atoms with Crippen molar-refractivity contribution >= 4 is 17.9 Å². The van der Waals surface area contributed by atoms with E-state index in [1.165, 1.54) is 4.90 Å². The number of rotatable bonds is 3. The number of imide groups is 1. The zero-order valence-corrected chi connectivity index (χ0v) is 12.6. The van der Waals surface area contributed by atoms with Crippen LogP contribution in [0.15, 0.2) is 16.4 Å². The first-order valence-corrected chi connectivity index (χ1v) is 6.86. The third-order valence-corrected chi connectivity index (χ3v) is 4.29. The second-order valence-electron chi connectivity index (χ2n) is 5.38. The Morgan fingerprint density at radius 2 is 2.00 bits per heavy atom. The molecule has 1 fully saturated rings. The van der Waals surface area contributed by atoms with Gasteiger partial charge in [0.15, 0.2) is 12.2 Å². The Labute approximate surface area is 123 Å². The molecule has 0 bridgehead atoms. The van der Waals surface area contributed by atoms with Crippen LogP contribution in [-0.4, -0.2) is 72.1 Å². The first-order valence-electron chi connectivity index (χ1n) is 6.86. The molecule has 0 spiro atoms. The maximum absolute atomic E-state index is 12.2. The van der Waals surface area contributed by atoms with E-state index in [1.54, 1.807) is 14.2 Å². The van der Waals surface area contributed by atoms with E-state index in [-0.39, 0.29) is 5.91 Å². The van der Waals surface area contributed by atoms with Gasteiger partial charge < -0.3 is 14.5 Å². The highest BCUT2D eigenvalue weighted by Gasteiger charge is 2.52. The molecule has 3 aliphatic heterocycles. The highest BCUT2D eigenvalue weighted by molar-refractivity contribution is 6.05. The van der Waals surface area contributed by atoms with Gasteiger partial charge in [-0.1, -0.05) is 0 Å². The fourth-order valence-electron chi connectivity index (χ4n) is 2.98. The van der Waals surface area contributed by atoms with Crippen molar-refractivity contribution in [2.45, 2.75) is 26.1 Å². The van der Waals surface area contributed by atoms with E-state index in [0.29, 0.717) is 19.1 Å². The summed E-state index contributed by atoms with van der Waals surface area (Å²) in [4.78, 5) is 33.9. The summed E-state index contributed by atoms with van der Waals surface area (Å²) >= 11 is 0. The van der Waals surface area contributed by atoms with E-state index < -0.39 is 18.2 Å². The molecule has 8 heteroatoms. The van der Waals surface area contributed by atoms with Gasteiger partial charge in [0.1, 0.15) is 0 Å². The van der Waals surface area contributed by atoms with E-state index in [1.807, 2.05) is 23.6 Å². The van der Waals surface area contributed by atoms with Gasteiger partial charge in [0.05, 0.1) is 6.61 Å². The summed E-state index contributed by atoms with van der Waals surface area (Å²) in [6.45, 7) is 5.18. The highest BCUT2D eigenvalue weighted by atomic mass is 16.5. The number of urea groups is 1. The molecule has 3 amide bonds. The third-order valence-electron chi connectivity index (χ3n) is 4.29. The summed E-state index contributed by atoms with van der Waals surface area (Å²) in [6, 6.07) is -0.904. The molecule has 3 aliphatic rings. The topological polar surface area (TPSA) is 77.5 Å². The molecule has 0 aromatic rings. The van der Waals surface area contributed by atoms with Crippen LogP contribution in [-0.2, 0) is 9.53 Å². The van der Waals surface area contributed by atoms with Crippen LogP contribution in [0.4, 0.5) is 4.79 Å². The zero-order chi connectivity index (χ0) is 15.3. The summed E-state index contributed by atoms with van der Waals surface area (Å²) < 4.78 is 5.13. The standard InChI is InChI=1S/C13H19N5O3/c1-7-8(2)18-9-10(16(3)13(20)15-11(9)19)14-12(18)17(7)5-6-21-4/h9-10H,5-6H2,1-4H3,(H,15,19,20). The number of nitrogens with zero attached hydrogens (tertiary/aromatic N) is 4. The Kier molecular flexibility index (Phi) is 3.12. The summed E-state index contributed by atoms with van der Waals surface area (Å²) in [5.41, 5.74) is 2.03. The van der Waals surface area contributed by atoms with Crippen molar-refractivity contribution in [3.05, 3.63) is 11.4 Å². The molecule has 0 aromatic carbocycles. The van der Waals surface area contributed by atoms with Crippen molar-refractivity contribution in [2.75, 3.05) is 27.3 Å². The van der Waals surface area contributed by atoms with Crippen molar-refractivity contribution < 1.29 is 14.3 Å². The number of allylic oxidation sites excluding steroid dienone is 2. The number of hydrogen-bond donors (Lipinski definition) is 1. The van der Waals surface area contributed by atoms with Gasteiger partial charge in [0.2, 0.25) is 5.96 Å². The lowest BCUT2D eigenvalue weighted by atomic mass is 10.1. The molecule has 2 unspecified atom stereocenters. The number of guanidine groups is 1. The molecule has 0 aromatic heterocycles. The van der Waals surface area contributed by atoms with Crippen LogP contribution >= 0.6 is 0 Å². The summed E-state index contributed by atoms with van der Waals surface area (Å²) in [6.07, 6.45) is -0.477. The fourth-order valence-corrected chi connectivity index (χ4v) is 2.98. The minimum absolute atomic E-state index is 0.303. The Morgan fingerprint density at radius 3 is 2.67 bits per heavy atom. The lowest BCUT2D eigenvalue weighted by Gasteiger charge is -2.35. The fraction of sp³-hybridized carbons (Fsp3) is 0.615. The number of aliphatic imine (C=N–C) groups is 1. The lowest BCUT2D eigenvalue weighted by Crippen LogP contribution is -2.63. The third kappa shape index (κ3) is 1.82. The summed E-state index contributed by atoms with van der Waals surface area (Å²) in [5, 5.41) is 2.37. The number of likely N-dealkylation sites (N-methyl/N-ethyl adjacent to an activating group) is 1. The molecular weight excluding hydrogens is 274 g/mol.